The molecule has 0 fully saturated rings. The van der Waals surface area contributed by atoms with Crippen LogP contribution in [0.3, 0.4) is 0 Å². The summed E-state index contributed by atoms with van der Waals surface area (Å²) >= 11 is 11.1. The Labute approximate surface area is 93.8 Å². The van der Waals surface area contributed by atoms with Crippen molar-refractivity contribution in [2.45, 2.75) is 10.1 Å². The second-order valence-corrected chi connectivity index (χ2v) is 5.63. The summed E-state index contributed by atoms with van der Waals surface area (Å²) in [6.07, 6.45) is 0. The number of sulfone groups is 1. The van der Waals surface area contributed by atoms with Crippen molar-refractivity contribution in [2.24, 2.45) is 0 Å². The Morgan fingerprint density at radius 1 is 1.07 bits per heavy atom. The molecule has 0 aliphatic heterocycles. The summed E-state index contributed by atoms with van der Waals surface area (Å²) in [5.74, 6) is 0.0292. The first kappa shape index (κ1) is 11.8. The van der Waals surface area contributed by atoms with Gasteiger partial charge < -0.3 is 0 Å². The zero-order chi connectivity index (χ0) is 10.6. The highest BCUT2D eigenvalue weighted by molar-refractivity contribution is 7.92. The van der Waals surface area contributed by atoms with Gasteiger partial charge in [0.25, 0.3) is 0 Å². The lowest BCUT2D eigenvalue weighted by molar-refractivity contribution is 0.588. The second-order valence-electron chi connectivity index (χ2n) is 2.79. The van der Waals surface area contributed by atoms with Crippen molar-refractivity contribution in [1.82, 2.24) is 0 Å². The van der Waals surface area contributed by atoms with E-state index in [0.717, 1.165) is 0 Å². The van der Waals surface area contributed by atoms with Gasteiger partial charge in [-0.2, -0.15) is 0 Å². The number of hydrogen-bond donors (Lipinski definition) is 0. The summed E-state index contributed by atoms with van der Waals surface area (Å²) in [5.41, 5.74) is 0. The highest BCUT2D eigenvalue weighted by Gasteiger charge is 2.25. The fourth-order valence-corrected chi connectivity index (χ4v) is 3.59. The second kappa shape index (κ2) is 5.01. The maximum Gasteiger partial charge on any atom is 0.183 e. The minimum Gasteiger partial charge on any atom is -0.223 e. The van der Waals surface area contributed by atoms with Gasteiger partial charge in [-0.1, -0.05) is 18.2 Å². The van der Waals surface area contributed by atoms with Gasteiger partial charge in [0, 0.05) is 11.8 Å². The van der Waals surface area contributed by atoms with Crippen molar-refractivity contribution in [3.05, 3.63) is 30.3 Å². The monoisotopic (exact) mass is 252 g/mol. The molecule has 0 radical (unpaired) electrons. The normalized spacial score (nSPS) is 11.9. The van der Waals surface area contributed by atoms with E-state index in [1.165, 1.54) is 0 Å². The van der Waals surface area contributed by atoms with Crippen molar-refractivity contribution in [1.29, 1.82) is 0 Å². The van der Waals surface area contributed by atoms with E-state index >= 15 is 0 Å². The first-order valence-corrected chi connectivity index (χ1v) is 6.65. The lowest BCUT2D eigenvalue weighted by atomic mass is 10.4. The average molecular weight is 253 g/mol. The van der Waals surface area contributed by atoms with Gasteiger partial charge >= 0.3 is 0 Å². The van der Waals surface area contributed by atoms with Crippen molar-refractivity contribution in [3.63, 3.8) is 0 Å². The van der Waals surface area contributed by atoms with Gasteiger partial charge in [-0.15, -0.1) is 23.2 Å². The molecular weight excluding hydrogens is 243 g/mol. The molecule has 0 saturated carbocycles. The van der Waals surface area contributed by atoms with Gasteiger partial charge in [0.1, 0.15) is 0 Å². The molecule has 0 unspecified atom stereocenters. The predicted molar refractivity (Wildman–Crippen MR) is 58.9 cm³/mol. The Hall–Kier alpha value is -0.250. The number of benzene rings is 1. The molecule has 0 N–H and O–H groups in total. The summed E-state index contributed by atoms with van der Waals surface area (Å²) in [6.45, 7) is 0. The van der Waals surface area contributed by atoms with Crippen molar-refractivity contribution >= 4 is 33.0 Å². The van der Waals surface area contributed by atoms with E-state index < -0.39 is 15.1 Å². The third-order valence-corrected chi connectivity index (χ3v) is 5.11. The van der Waals surface area contributed by atoms with E-state index in [2.05, 4.69) is 0 Å². The summed E-state index contributed by atoms with van der Waals surface area (Å²) in [6, 6.07) is 8.19. The van der Waals surface area contributed by atoms with Crippen LogP contribution in [-0.4, -0.2) is 25.4 Å². The van der Waals surface area contributed by atoms with E-state index in [1.807, 2.05) is 0 Å². The Morgan fingerprint density at radius 3 is 2.00 bits per heavy atom. The third-order valence-electron chi connectivity index (χ3n) is 1.85. The Morgan fingerprint density at radius 2 is 1.57 bits per heavy atom. The minimum atomic E-state index is -3.37. The SMILES string of the molecule is O=S(=O)(c1ccccc1)C(CCl)CCl. The standard InChI is InChI=1S/C9H10Cl2O2S/c10-6-9(7-11)14(12,13)8-4-2-1-3-5-8/h1-5,9H,6-7H2. The number of hydrogen-bond acceptors (Lipinski definition) is 2. The van der Waals surface area contributed by atoms with Crippen LogP contribution in [0.5, 0.6) is 0 Å². The van der Waals surface area contributed by atoms with Crippen LogP contribution in [0.4, 0.5) is 0 Å². The van der Waals surface area contributed by atoms with Gasteiger partial charge in [-0.25, -0.2) is 8.42 Å². The van der Waals surface area contributed by atoms with Crippen LogP contribution in [0.1, 0.15) is 0 Å². The summed E-state index contributed by atoms with van der Waals surface area (Å²) in [7, 11) is -3.37. The van der Waals surface area contributed by atoms with Crippen molar-refractivity contribution in [3.8, 4) is 0 Å². The fourth-order valence-electron chi connectivity index (χ4n) is 1.01. The summed E-state index contributed by atoms with van der Waals surface area (Å²) in [4.78, 5) is 0.270. The van der Waals surface area contributed by atoms with Gasteiger partial charge in [-0.3, -0.25) is 0 Å². The molecule has 2 nitrogen and oxygen atoms in total. The lowest BCUT2D eigenvalue weighted by Crippen LogP contribution is -2.24. The molecule has 78 valence electrons. The molecule has 0 amide bonds. The van der Waals surface area contributed by atoms with E-state index in [1.54, 1.807) is 30.3 Å². The zero-order valence-electron chi connectivity index (χ0n) is 7.36. The van der Waals surface area contributed by atoms with Crippen LogP contribution in [-0.2, 0) is 9.84 Å². The first-order valence-electron chi connectivity index (χ1n) is 4.03. The predicted octanol–water partition coefficient (Wildman–Crippen LogP) is 2.31. The van der Waals surface area contributed by atoms with Gasteiger partial charge in [0.15, 0.2) is 9.84 Å². The van der Waals surface area contributed by atoms with Crippen LogP contribution < -0.4 is 0 Å². The number of halogens is 2. The molecule has 1 aromatic carbocycles. The molecule has 0 bridgehead atoms. The third kappa shape index (κ3) is 2.41. The van der Waals surface area contributed by atoms with Gasteiger partial charge in [0.2, 0.25) is 0 Å². The lowest BCUT2D eigenvalue weighted by Gasteiger charge is -2.11. The van der Waals surface area contributed by atoms with E-state index in [0.29, 0.717) is 0 Å². The largest absolute Gasteiger partial charge is 0.223 e. The molecule has 0 aliphatic carbocycles. The van der Waals surface area contributed by atoms with E-state index in [-0.39, 0.29) is 16.7 Å². The van der Waals surface area contributed by atoms with Crippen molar-refractivity contribution < 1.29 is 8.42 Å². The topological polar surface area (TPSA) is 34.1 Å². The van der Waals surface area contributed by atoms with Crippen LogP contribution >= 0.6 is 23.2 Å². The van der Waals surface area contributed by atoms with Crippen molar-refractivity contribution in [2.75, 3.05) is 11.8 Å². The molecule has 0 aliphatic rings. The molecule has 14 heavy (non-hydrogen) atoms. The first-order chi connectivity index (χ1) is 6.62. The van der Waals surface area contributed by atoms with Crippen LogP contribution in [0, 0.1) is 0 Å². The molecule has 5 heteroatoms. The van der Waals surface area contributed by atoms with Gasteiger partial charge in [0.05, 0.1) is 10.1 Å². The average Bonchev–Trinajstić information content (AvgIpc) is 2.20. The Kier molecular flexibility index (Phi) is 4.23. The van der Waals surface area contributed by atoms with Crippen LogP contribution in [0.2, 0.25) is 0 Å². The highest BCUT2D eigenvalue weighted by Crippen LogP contribution is 2.17. The summed E-state index contributed by atoms with van der Waals surface area (Å²) in [5, 5.41) is -0.715. The smallest absolute Gasteiger partial charge is 0.183 e. The Bertz CT molecular complexity index is 371. The molecule has 0 saturated heterocycles. The molecule has 1 rings (SSSR count). The fraction of sp³-hybridized carbons (Fsp3) is 0.333. The molecule has 0 atom stereocenters. The van der Waals surface area contributed by atoms with Crippen LogP contribution in [0.25, 0.3) is 0 Å². The maximum atomic E-state index is 11.8. The van der Waals surface area contributed by atoms with Gasteiger partial charge in [-0.05, 0) is 12.1 Å². The molecule has 0 aromatic heterocycles. The molecular formula is C9H10Cl2O2S. The molecule has 0 heterocycles. The van der Waals surface area contributed by atoms with E-state index in [9.17, 15) is 8.42 Å². The molecule has 0 spiro atoms. The van der Waals surface area contributed by atoms with Crippen LogP contribution in [0.15, 0.2) is 35.2 Å². The summed E-state index contributed by atoms with van der Waals surface area (Å²) < 4.78 is 23.7. The van der Waals surface area contributed by atoms with E-state index in [4.69, 9.17) is 23.2 Å². The maximum absolute atomic E-state index is 11.8. The highest BCUT2D eigenvalue weighted by atomic mass is 35.5. The molecule has 1 aromatic rings. The minimum absolute atomic E-state index is 0.0146. The number of alkyl halides is 2. The number of rotatable bonds is 4. The quantitative estimate of drug-likeness (QED) is 0.771. The Balaban J connectivity index is 3.08. The zero-order valence-corrected chi connectivity index (χ0v) is 9.69.